The number of benzene rings is 1. The highest BCUT2D eigenvalue weighted by Gasteiger charge is 2.27. The van der Waals surface area contributed by atoms with Gasteiger partial charge in [0.2, 0.25) is 0 Å². The molecular weight excluding hydrogens is 261 g/mol. The number of halogens is 1. The molecule has 1 aromatic carbocycles. The van der Waals surface area contributed by atoms with Crippen molar-refractivity contribution in [2.45, 2.75) is 54.7 Å². The van der Waals surface area contributed by atoms with Crippen LogP contribution in [-0.2, 0) is 10.8 Å². The Bertz CT molecular complexity index is 421. The predicted octanol–water partition coefficient (Wildman–Crippen LogP) is 3.24. The van der Waals surface area contributed by atoms with E-state index in [0.29, 0.717) is 6.04 Å². The summed E-state index contributed by atoms with van der Waals surface area (Å²) >= 11 is 0. The molecule has 0 amide bonds. The molecule has 2 rings (SSSR count). The molecular formula is C15H22FNOS. The van der Waals surface area contributed by atoms with Crippen molar-refractivity contribution in [1.82, 2.24) is 5.32 Å². The Morgan fingerprint density at radius 3 is 2.37 bits per heavy atom. The molecule has 1 aromatic rings. The highest BCUT2D eigenvalue weighted by atomic mass is 32.2. The van der Waals surface area contributed by atoms with Crippen molar-refractivity contribution in [2.75, 3.05) is 7.05 Å². The van der Waals surface area contributed by atoms with E-state index in [1.807, 2.05) is 7.05 Å². The molecule has 1 fully saturated rings. The summed E-state index contributed by atoms with van der Waals surface area (Å²) in [6.07, 6.45) is 6.89. The first kappa shape index (κ1) is 14.7. The molecule has 0 aliphatic heterocycles. The first-order valence-electron chi connectivity index (χ1n) is 7.06. The quantitative estimate of drug-likeness (QED) is 0.922. The fraction of sp³-hybridized carbons (Fsp3) is 0.600. The summed E-state index contributed by atoms with van der Waals surface area (Å²) in [4.78, 5) is 0.743. The maximum absolute atomic E-state index is 12.9. The molecule has 4 heteroatoms. The fourth-order valence-corrected chi connectivity index (χ4v) is 4.49. The molecule has 1 aliphatic rings. The predicted molar refractivity (Wildman–Crippen MR) is 77.1 cm³/mol. The second kappa shape index (κ2) is 7.15. The third kappa shape index (κ3) is 3.86. The van der Waals surface area contributed by atoms with Crippen molar-refractivity contribution in [3.05, 3.63) is 30.1 Å². The van der Waals surface area contributed by atoms with Gasteiger partial charge < -0.3 is 5.32 Å². The summed E-state index contributed by atoms with van der Waals surface area (Å²) in [6.45, 7) is 0. The van der Waals surface area contributed by atoms with Crippen LogP contribution in [0.15, 0.2) is 29.2 Å². The molecule has 0 heterocycles. The number of nitrogens with one attached hydrogen (secondary N) is 1. The fourth-order valence-electron chi connectivity index (χ4n) is 2.78. The van der Waals surface area contributed by atoms with E-state index in [1.54, 1.807) is 12.1 Å². The van der Waals surface area contributed by atoms with Crippen molar-refractivity contribution >= 4 is 10.8 Å². The summed E-state index contributed by atoms with van der Waals surface area (Å²) in [6, 6.07) is 6.38. The molecule has 3 atom stereocenters. The zero-order valence-electron chi connectivity index (χ0n) is 11.4. The zero-order chi connectivity index (χ0) is 13.7. The Hall–Kier alpha value is -0.740. The number of hydrogen-bond acceptors (Lipinski definition) is 2. The van der Waals surface area contributed by atoms with Crippen LogP contribution in [-0.4, -0.2) is 22.5 Å². The number of hydrogen-bond donors (Lipinski definition) is 1. The smallest absolute Gasteiger partial charge is 0.123 e. The van der Waals surface area contributed by atoms with Crippen LogP contribution >= 0.6 is 0 Å². The Morgan fingerprint density at radius 2 is 1.74 bits per heavy atom. The van der Waals surface area contributed by atoms with E-state index < -0.39 is 10.8 Å². The topological polar surface area (TPSA) is 29.1 Å². The lowest BCUT2D eigenvalue weighted by Gasteiger charge is -2.28. The third-order valence-corrected chi connectivity index (χ3v) is 5.75. The van der Waals surface area contributed by atoms with Crippen LogP contribution in [0.25, 0.3) is 0 Å². The Kier molecular flexibility index (Phi) is 5.52. The van der Waals surface area contributed by atoms with Gasteiger partial charge in [-0.1, -0.05) is 25.7 Å². The molecule has 106 valence electrons. The van der Waals surface area contributed by atoms with Crippen LogP contribution in [0.3, 0.4) is 0 Å². The van der Waals surface area contributed by atoms with E-state index in [1.165, 1.54) is 31.4 Å². The van der Waals surface area contributed by atoms with E-state index in [0.717, 1.165) is 24.2 Å². The van der Waals surface area contributed by atoms with Gasteiger partial charge in [-0.3, -0.25) is 4.21 Å². The maximum atomic E-state index is 12.9. The molecule has 0 bridgehead atoms. The van der Waals surface area contributed by atoms with E-state index in [9.17, 15) is 8.60 Å². The second-order valence-electron chi connectivity index (χ2n) is 5.18. The van der Waals surface area contributed by atoms with Gasteiger partial charge >= 0.3 is 0 Å². The van der Waals surface area contributed by atoms with Crippen molar-refractivity contribution in [3.63, 3.8) is 0 Å². The van der Waals surface area contributed by atoms with Gasteiger partial charge in [-0.2, -0.15) is 0 Å². The lowest BCUT2D eigenvalue weighted by molar-refractivity contribution is 0.414. The summed E-state index contributed by atoms with van der Waals surface area (Å²) in [5, 5.41) is 3.45. The molecule has 0 aromatic heterocycles. The van der Waals surface area contributed by atoms with Gasteiger partial charge in [0.25, 0.3) is 0 Å². The van der Waals surface area contributed by atoms with E-state index in [4.69, 9.17) is 0 Å². The van der Waals surface area contributed by atoms with Crippen LogP contribution in [0, 0.1) is 5.82 Å². The minimum atomic E-state index is -1.06. The van der Waals surface area contributed by atoms with Gasteiger partial charge in [0, 0.05) is 10.9 Å². The van der Waals surface area contributed by atoms with Gasteiger partial charge in [0.05, 0.1) is 16.0 Å². The Labute approximate surface area is 117 Å². The van der Waals surface area contributed by atoms with E-state index in [-0.39, 0.29) is 11.1 Å². The van der Waals surface area contributed by atoms with Crippen LogP contribution in [0.5, 0.6) is 0 Å². The second-order valence-corrected chi connectivity index (χ2v) is 6.85. The average Bonchev–Trinajstić information content (AvgIpc) is 2.39. The van der Waals surface area contributed by atoms with Gasteiger partial charge in [0.15, 0.2) is 0 Å². The first-order chi connectivity index (χ1) is 9.22. The lowest BCUT2D eigenvalue weighted by atomic mass is 9.96. The summed E-state index contributed by atoms with van der Waals surface area (Å²) in [7, 11) is 0.890. The minimum Gasteiger partial charge on any atom is -0.316 e. The van der Waals surface area contributed by atoms with Crippen LogP contribution in [0.2, 0.25) is 0 Å². The monoisotopic (exact) mass is 283 g/mol. The summed E-state index contributed by atoms with van der Waals surface area (Å²) in [5.41, 5.74) is 0. The van der Waals surface area contributed by atoms with Gasteiger partial charge in [-0.25, -0.2) is 4.39 Å². The SMILES string of the molecule is CNC1CCCCCCC1S(=O)c1ccc(F)cc1. The molecule has 0 radical (unpaired) electrons. The van der Waals surface area contributed by atoms with Crippen molar-refractivity contribution in [1.29, 1.82) is 0 Å². The highest BCUT2D eigenvalue weighted by Crippen LogP contribution is 2.25. The Balaban J connectivity index is 2.15. The van der Waals surface area contributed by atoms with Crippen LogP contribution in [0.4, 0.5) is 4.39 Å². The van der Waals surface area contributed by atoms with Crippen molar-refractivity contribution in [3.8, 4) is 0 Å². The van der Waals surface area contributed by atoms with E-state index in [2.05, 4.69) is 5.32 Å². The van der Waals surface area contributed by atoms with Crippen LogP contribution < -0.4 is 5.32 Å². The van der Waals surface area contributed by atoms with Crippen molar-refractivity contribution in [2.24, 2.45) is 0 Å². The molecule has 0 saturated heterocycles. The molecule has 1 N–H and O–H groups in total. The first-order valence-corrected chi connectivity index (χ1v) is 8.27. The van der Waals surface area contributed by atoms with Gasteiger partial charge in [0.1, 0.15) is 5.82 Å². The zero-order valence-corrected chi connectivity index (χ0v) is 12.2. The highest BCUT2D eigenvalue weighted by molar-refractivity contribution is 7.85. The normalized spacial score (nSPS) is 26.4. The largest absolute Gasteiger partial charge is 0.316 e. The third-order valence-electron chi connectivity index (χ3n) is 3.89. The van der Waals surface area contributed by atoms with Gasteiger partial charge in [-0.15, -0.1) is 0 Å². The number of rotatable bonds is 3. The van der Waals surface area contributed by atoms with Gasteiger partial charge in [-0.05, 0) is 44.2 Å². The molecule has 1 saturated carbocycles. The molecule has 19 heavy (non-hydrogen) atoms. The van der Waals surface area contributed by atoms with Crippen LogP contribution in [0.1, 0.15) is 38.5 Å². The Morgan fingerprint density at radius 1 is 1.11 bits per heavy atom. The maximum Gasteiger partial charge on any atom is 0.123 e. The average molecular weight is 283 g/mol. The summed E-state index contributed by atoms with van der Waals surface area (Å²) < 4.78 is 25.6. The molecule has 2 nitrogen and oxygen atoms in total. The molecule has 0 spiro atoms. The van der Waals surface area contributed by atoms with E-state index >= 15 is 0 Å². The van der Waals surface area contributed by atoms with Crippen molar-refractivity contribution < 1.29 is 8.60 Å². The standard InChI is InChI=1S/C15H22FNOS/c1-17-14-6-4-2-3-5-7-15(14)19(18)13-10-8-12(16)9-11-13/h8-11,14-15,17H,2-7H2,1H3. The minimum absolute atomic E-state index is 0.135. The molecule has 3 unspecified atom stereocenters. The molecule has 1 aliphatic carbocycles. The summed E-state index contributed by atoms with van der Waals surface area (Å²) in [5.74, 6) is -0.274. The lowest BCUT2D eigenvalue weighted by Crippen LogP contribution is -2.41.